The number of para-hydroxylation sites is 1. The van der Waals surface area contributed by atoms with Crippen molar-refractivity contribution in [2.75, 3.05) is 10.6 Å². The molecule has 1 unspecified atom stereocenters. The second-order valence-corrected chi connectivity index (χ2v) is 7.57. The van der Waals surface area contributed by atoms with Crippen molar-refractivity contribution in [2.45, 2.75) is 33.6 Å². The van der Waals surface area contributed by atoms with E-state index in [2.05, 4.69) is 53.5 Å². The van der Waals surface area contributed by atoms with Gasteiger partial charge in [0.05, 0.1) is 11.3 Å². The van der Waals surface area contributed by atoms with Crippen molar-refractivity contribution in [3.63, 3.8) is 0 Å². The molecule has 0 saturated carbocycles. The number of aryl methyl sites for hydroxylation is 2. The number of aromatic nitrogens is 2. The smallest absolute Gasteiger partial charge is 0.229 e. The molecule has 0 bridgehead atoms. The summed E-state index contributed by atoms with van der Waals surface area (Å²) in [6.07, 6.45) is 1.30. The highest BCUT2D eigenvalue weighted by Crippen LogP contribution is 2.32. The molecule has 3 aromatic rings. The van der Waals surface area contributed by atoms with E-state index in [1.807, 2.05) is 36.4 Å². The Morgan fingerprint density at radius 2 is 1.68 bits per heavy atom. The zero-order valence-corrected chi connectivity index (χ0v) is 16.4. The predicted molar refractivity (Wildman–Crippen MR) is 113 cm³/mol. The summed E-state index contributed by atoms with van der Waals surface area (Å²) < 4.78 is 0. The first-order valence-electron chi connectivity index (χ1n) is 9.60. The van der Waals surface area contributed by atoms with Crippen LogP contribution in [-0.4, -0.2) is 15.8 Å². The molecule has 1 atom stereocenters. The highest BCUT2D eigenvalue weighted by Gasteiger charge is 2.28. The molecule has 1 aromatic heterocycles. The van der Waals surface area contributed by atoms with Crippen LogP contribution in [-0.2, 0) is 6.42 Å². The van der Waals surface area contributed by atoms with Crippen LogP contribution in [0.15, 0.2) is 48.5 Å². The fourth-order valence-electron chi connectivity index (χ4n) is 3.52. The number of rotatable bonds is 4. The SMILES string of the molecule is Cc1ccc(Nc2nc(Nc3ccccc3)nc3c2C(=O)CC(C)C3)cc1C. The maximum atomic E-state index is 12.8. The van der Waals surface area contributed by atoms with E-state index >= 15 is 0 Å². The van der Waals surface area contributed by atoms with E-state index in [0.29, 0.717) is 23.8 Å². The summed E-state index contributed by atoms with van der Waals surface area (Å²) in [4.78, 5) is 22.1. The second-order valence-electron chi connectivity index (χ2n) is 7.57. The molecule has 0 amide bonds. The van der Waals surface area contributed by atoms with E-state index in [4.69, 9.17) is 0 Å². The van der Waals surface area contributed by atoms with Crippen molar-refractivity contribution < 1.29 is 4.79 Å². The van der Waals surface area contributed by atoms with Crippen molar-refractivity contribution >= 4 is 28.9 Å². The summed E-state index contributed by atoms with van der Waals surface area (Å²) in [6, 6.07) is 16.0. The van der Waals surface area contributed by atoms with E-state index in [1.54, 1.807) is 0 Å². The lowest BCUT2D eigenvalue weighted by Crippen LogP contribution is -2.22. The Morgan fingerprint density at radius 1 is 0.893 bits per heavy atom. The van der Waals surface area contributed by atoms with Gasteiger partial charge >= 0.3 is 0 Å². The van der Waals surface area contributed by atoms with Gasteiger partial charge in [0.25, 0.3) is 0 Å². The number of fused-ring (bicyclic) bond motifs is 1. The number of carbonyl (C=O) groups excluding carboxylic acids is 1. The summed E-state index contributed by atoms with van der Waals surface area (Å²) in [5.74, 6) is 1.46. The largest absolute Gasteiger partial charge is 0.339 e. The number of nitrogens with zero attached hydrogens (tertiary/aromatic N) is 2. The lowest BCUT2D eigenvalue weighted by Gasteiger charge is -2.23. The quantitative estimate of drug-likeness (QED) is 0.646. The summed E-state index contributed by atoms with van der Waals surface area (Å²) in [5.41, 5.74) is 5.68. The first-order valence-corrected chi connectivity index (χ1v) is 9.60. The Labute approximate surface area is 165 Å². The van der Waals surface area contributed by atoms with Gasteiger partial charge in [0, 0.05) is 17.8 Å². The van der Waals surface area contributed by atoms with E-state index in [-0.39, 0.29) is 11.7 Å². The van der Waals surface area contributed by atoms with Crippen molar-refractivity contribution in [2.24, 2.45) is 5.92 Å². The normalized spacial score (nSPS) is 15.8. The van der Waals surface area contributed by atoms with Crippen LogP contribution in [0, 0.1) is 19.8 Å². The first-order chi connectivity index (χ1) is 13.5. The lowest BCUT2D eigenvalue weighted by molar-refractivity contribution is 0.0953. The molecule has 1 heterocycles. The molecule has 0 saturated heterocycles. The molecule has 0 fully saturated rings. The van der Waals surface area contributed by atoms with Gasteiger partial charge in [-0.3, -0.25) is 4.79 Å². The monoisotopic (exact) mass is 372 g/mol. The van der Waals surface area contributed by atoms with Gasteiger partial charge < -0.3 is 10.6 Å². The summed E-state index contributed by atoms with van der Waals surface area (Å²) in [6.45, 7) is 6.24. The topological polar surface area (TPSA) is 66.9 Å². The highest BCUT2D eigenvalue weighted by molar-refractivity contribution is 6.03. The predicted octanol–water partition coefficient (Wildman–Crippen LogP) is 5.35. The van der Waals surface area contributed by atoms with Crippen molar-refractivity contribution in [3.8, 4) is 0 Å². The molecular formula is C23H24N4O. The molecule has 5 heteroatoms. The zero-order chi connectivity index (χ0) is 19.7. The average Bonchev–Trinajstić information content (AvgIpc) is 2.65. The van der Waals surface area contributed by atoms with Crippen molar-refractivity contribution in [1.82, 2.24) is 9.97 Å². The van der Waals surface area contributed by atoms with E-state index < -0.39 is 0 Å². The fourth-order valence-corrected chi connectivity index (χ4v) is 3.52. The number of nitrogens with one attached hydrogen (secondary N) is 2. The van der Waals surface area contributed by atoms with Gasteiger partial charge in [-0.1, -0.05) is 31.2 Å². The third kappa shape index (κ3) is 3.74. The number of carbonyl (C=O) groups is 1. The van der Waals surface area contributed by atoms with Gasteiger partial charge in [0.1, 0.15) is 5.82 Å². The van der Waals surface area contributed by atoms with Crippen LogP contribution >= 0.6 is 0 Å². The Kier molecular flexibility index (Phi) is 4.82. The van der Waals surface area contributed by atoms with Crippen molar-refractivity contribution in [1.29, 1.82) is 0 Å². The first kappa shape index (κ1) is 18.2. The lowest BCUT2D eigenvalue weighted by atomic mass is 9.87. The average molecular weight is 372 g/mol. The number of ketones is 1. The number of hydrogen-bond donors (Lipinski definition) is 2. The molecule has 1 aliphatic carbocycles. The fraction of sp³-hybridized carbons (Fsp3) is 0.261. The molecule has 0 spiro atoms. The molecule has 1 aliphatic rings. The van der Waals surface area contributed by atoms with Gasteiger partial charge in [0.15, 0.2) is 5.78 Å². The van der Waals surface area contributed by atoms with E-state index in [1.165, 1.54) is 11.1 Å². The number of benzene rings is 2. The zero-order valence-electron chi connectivity index (χ0n) is 16.4. The number of anilines is 4. The molecule has 142 valence electrons. The Bertz CT molecular complexity index is 1030. The summed E-state index contributed by atoms with van der Waals surface area (Å²) in [5, 5.41) is 6.62. The molecule has 0 radical (unpaired) electrons. The third-order valence-electron chi connectivity index (χ3n) is 5.14. The van der Waals surface area contributed by atoms with Gasteiger partial charge in [0.2, 0.25) is 5.95 Å². The Morgan fingerprint density at radius 3 is 2.43 bits per heavy atom. The van der Waals surface area contributed by atoms with Crippen LogP contribution in [0.3, 0.4) is 0 Å². The van der Waals surface area contributed by atoms with Gasteiger partial charge in [-0.2, -0.15) is 4.98 Å². The standard InChI is InChI=1S/C23H24N4O/c1-14-11-19-21(20(28)12-14)22(24-18-10-9-15(2)16(3)13-18)27-23(26-19)25-17-7-5-4-6-8-17/h4-10,13-14H,11-12H2,1-3H3,(H2,24,25,26,27). The van der Waals surface area contributed by atoms with Gasteiger partial charge in [-0.05, 0) is 61.6 Å². The molecule has 4 rings (SSSR count). The van der Waals surface area contributed by atoms with Crippen LogP contribution in [0.5, 0.6) is 0 Å². The maximum Gasteiger partial charge on any atom is 0.229 e. The number of hydrogen-bond acceptors (Lipinski definition) is 5. The van der Waals surface area contributed by atoms with Crippen molar-refractivity contribution in [3.05, 3.63) is 70.9 Å². The number of Topliss-reactive ketones (excluding diaryl/α,β-unsaturated/α-hetero) is 1. The minimum Gasteiger partial charge on any atom is -0.339 e. The summed E-state index contributed by atoms with van der Waals surface area (Å²) in [7, 11) is 0. The van der Waals surface area contributed by atoms with Gasteiger partial charge in [-0.15, -0.1) is 0 Å². The van der Waals surface area contributed by atoms with Crippen LogP contribution in [0.1, 0.15) is 40.5 Å². The Balaban J connectivity index is 1.76. The van der Waals surface area contributed by atoms with Gasteiger partial charge in [-0.25, -0.2) is 4.98 Å². The van der Waals surface area contributed by atoms with Crippen LogP contribution < -0.4 is 10.6 Å². The molecule has 28 heavy (non-hydrogen) atoms. The third-order valence-corrected chi connectivity index (χ3v) is 5.14. The van der Waals surface area contributed by atoms with Crippen LogP contribution in [0.25, 0.3) is 0 Å². The molecule has 5 nitrogen and oxygen atoms in total. The van der Waals surface area contributed by atoms with E-state index in [9.17, 15) is 4.79 Å². The molecule has 0 aliphatic heterocycles. The molecule has 2 aromatic carbocycles. The molecular weight excluding hydrogens is 348 g/mol. The minimum atomic E-state index is 0.103. The van der Waals surface area contributed by atoms with E-state index in [0.717, 1.165) is 23.5 Å². The van der Waals surface area contributed by atoms with Crippen LogP contribution in [0.4, 0.5) is 23.1 Å². The summed E-state index contributed by atoms with van der Waals surface area (Å²) >= 11 is 0. The minimum absolute atomic E-state index is 0.103. The highest BCUT2D eigenvalue weighted by atomic mass is 16.1. The second kappa shape index (κ2) is 7.43. The Hall–Kier alpha value is -3.21. The molecule has 2 N–H and O–H groups in total. The van der Waals surface area contributed by atoms with Crippen LogP contribution in [0.2, 0.25) is 0 Å². The maximum absolute atomic E-state index is 12.8.